The second-order valence-electron chi connectivity index (χ2n) is 16.0. The van der Waals surface area contributed by atoms with Crippen LogP contribution in [-0.4, -0.2) is 45.2 Å². The van der Waals surface area contributed by atoms with Gasteiger partial charge in [0.2, 0.25) is 0 Å². The average molecular weight is 587 g/mol. The molecule has 0 spiro atoms. The number of fused-ring (bicyclic) bond motifs is 5. The van der Waals surface area contributed by atoms with Gasteiger partial charge in [-0.05, 0) is 122 Å². The first-order valence-corrected chi connectivity index (χ1v) is 20.1. The van der Waals surface area contributed by atoms with E-state index < -0.39 is 18.7 Å². The molecule has 4 saturated carbocycles. The third kappa shape index (κ3) is 5.82. The summed E-state index contributed by atoms with van der Waals surface area (Å²) in [6.07, 6.45) is 9.78. The molecule has 39 heavy (non-hydrogen) atoms. The van der Waals surface area contributed by atoms with Crippen molar-refractivity contribution in [2.75, 3.05) is 6.61 Å². The fourth-order valence-electron chi connectivity index (χ4n) is 10.2. The van der Waals surface area contributed by atoms with Crippen LogP contribution in [-0.2, 0) is 19.0 Å². The standard InChI is InChI=1S/C31H58O6SSi/c1-10-22-26-19-21(37-39(8,9)29(3,4)5)13-16-31(26,7)25-14-17-30(6)23(11-12-24(30)27(25)28(22)32)20(2)15-18-36-38(33,34)35/h20-28,32H,10-19H2,1-9H3,(H,33,34,35)/t20-,21-,22-,23?,24?,25?,26?,27?,28-,30-,31-/m1/s1. The Morgan fingerprint density at radius 3 is 2.21 bits per heavy atom. The highest BCUT2D eigenvalue weighted by Crippen LogP contribution is 2.69. The molecule has 0 radical (unpaired) electrons. The van der Waals surface area contributed by atoms with E-state index in [-0.39, 0.29) is 28.6 Å². The summed E-state index contributed by atoms with van der Waals surface area (Å²) in [5.41, 5.74) is 0.413. The van der Waals surface area contributed by atoms with Crippen LogP contribution < -0.4 is 0 Å². The van der Waals surface area contributed by atoms with Crippen LogP contribution >= 0.6 is 0 Å². The van der Waals surface area contributed by atoms with Gasteiger partial charge in [0.15, 0.2) is 8.32 Å². The normalized spacial score (nSPS) is 43.9. The molecule has 5 unspecified atom stereocenters. The molecule has 0 amide bonds. The Kier molecular flexibility index (Phi) is 8.95. The quantitative estimate of drug-likeness (QED) is 0.226. The summed E-state index contributed by atoms with van der Waals surface area (Å²) in [4.78, 5) is 0. The van der Waals surface area contributed by atoms with E-state index in [1.54, 1.807) is 0 Å². The van der Waals surface area contributed by atoms with Crippen LogP contribution in [0.3, 0.4) is 0 Å². The Balaban J connectivity index is 1.53. The van der Waals surface area contributed by atoms with Crippen molar-refractivity contribution in [3.05, 3.63) is 0 Å². The molecule has 0 aromatic carbocycles. The highest BCUT2D eigenvalue weighted by atomic mass is 32.3. The third-order valence-electron chi connectivity index (χ3n) is 13.2. The largest absolute Gasteiger partial charge is 0.414 e. The molecule has 228 valence electrons. The Bertz CT molecular complexity index is 978. The zero-order valence-corrected chi connectivity index (χ0v) is 28.0. The molecule has 0 bridgehead atoms. The van der Waals surface area contributed by atoms with Crippen LogP contribution in [0, 0.1) is 52.3 Å². The molecule has 0 aromatic rings. The van der Waals surface area contributed by atoms with E-state index >= 15 is 0 Å². The van der Waals surface area contributed by atoms with E-state index in [1.807, 2.05) is 0 Å². The predicted molar refractivity (Wildman–Crippen MR) is 159 cm³/mol. The first-order valence-electron chi connectivity index (χ1n) is 15.8. The molecule has 0 heterocycles. The van der Waals surface area contributed by atoms with Crippen LogP contribution in [0.4, 0.5) is 0 Å². The molecular weight excluding hydrogens is 528 g/mol. The van der Waals surface area contributed by atoms with Crippen LogP contribution in [0.1, 0.15) is 106 Å². The highest BCUT2D eigenvalue weighted by Gasteiger charge is 2.65. The van der Waals surface area contributed by atoms with Crippen molar-refractivity contribution in [2.24, 2.45) is 52.3 Å². The van der Waals surface area contributed by atoms with E-state index in [0.29, 0.717) is 54.0 Å². The molecule has 4 aliphatic rings. The van der Waals surface area contributed by atoms with E-state index in [4.69, 9.17) is 8.98 Å². The lowest BCUT2D eigenvalue weighted by molar-refractivity contribution is -0.202. The topological polar surface area (TPSA) is 93.1 Å². The zero-order chi connectivity index (χ0) is 29.2. The smallest absolute Gasteiger partial charge is 0.397 e. The lowest BCUT2D eigenvalue weighted by Gasteiger charge is -2.65. The van der Waals surface area contributed by atoms with Gasteiger partial charge in [0.25, 0.3) is 0 Å². The van der Waals surface area contributed by atoms with Crippen molar-refractivity contribution >= 4 is 18.7 Å². The van der Waals surface area contributed by atoms with Crippen molar-refractivity contribution < 1.29 is 26.7 Å². The summed E-state index contributed by atoms with van der Waals surface area (Å²) < 4.78 is 42.7. The Morgan fingerprint density at radius 1 is 1.00 bits per heavy atom. The highest BCUT2D eigenvalue weighted by molar-refractivity contribution is 7.80. The molecule has 0 aromatic heterocycles. The molecule has 2 N–H and O–H groups in total. The van der Waals surface area contributed by atoms with Crippen molar-refractivity contribution in [3.63, 3.8) is 0 Å². The Labute approximate surface area is 240 Å². The van der Waals surface area contributed by atoms with Gasteiger partial charge in [0, 0.05) is 6.10 Å². The van der Waals surface area contributed by atoms with Crippen molar-refractivity contribution in [1.29, 1.82) is 0 Å². The number of aliphatic hydroxyl groups excluding tert-OH is 1. The van der Waals surface area contributed by atoms with Gasteiger partial charge >= 0.3 is 10.4 Å². The van der Waals surface area contributed by atoms with E-state index in [1.165, 1.54) is 19.3 Å². The molecule has 6 nitrogen and oxygen atoms in total. The Hall–Kier alpha value is 0.00688. The SMILES string of the molecule is CC[C@@H]1C2C[C@H](O[Si](C)(C)C(C)(C)C)CC[C@]2(C)C2CC[C@@]3(C)C(CCC3[C@H](C)CCOS(=O)(=O)O)C2[C@@H]1O. The summed E-state index contributed by atoms with van der Waals surface area (Å²) in [6.45, 7) is 21.3. The van der Waals surface area contributed by atoms with Crippen LogP contribution in [0.25, 0.3) is 0 Å². The fourth-order valence-corrected chi connectivity index (χ4v) is 11.9. The molecule has 8 heteroatoms. The van der Waals surface area contributed by atoms with Crippen LogP contribution in [0.5, 0.6) is 0 Å². The lowest BCUT2D eigenvalue weighted by atomic mass is 9.41. The fraction of sp³-hybridized carbons (Fsp3) is 1.00. The van der Waals surface area contributed by atoms with Gasteiger partial charge in [-0.15, -0.1) is 0 Å². The summed E-state index contributed by atoms with van der Waals surface area (Å²) in [6, 6.07) is 0. The molecule has 0 saturated heterocycles. The van der Waals surface area contributed by atoms with Gasteiger partial charge in [0.1, 0.15) is 0 Å². The first-order chi connectivity index (χ1) is 17.9. The van der Waals surface area contributed by atoms with Crippen molar-refractivity contribution in [1.82, 2.24) is 0 Å². The number of hydrogen-bond donors (Lipinski definition) is 2. The Morgan fingerprint density at radius 2 is 1.62 bits per heavy atom. The lowest BCUT2D eigenvalue weighted by Crippen LogP contribution is -2.62. The van der Waals surface area contributed by atoms with Gasteiger partial charge in [-0.1, -0.05) is 54.9 Å². The van der Waals surface area contributed by atoms with Gasteiger partial charge in [0.05, 0.1) is 12.7 Å². The minimum atomic E-state index is -4.39. The first kappa shape index (κ1) is 31.9. The number of rotatable bonds is 8. The second-order valence-corrected chi connectivity index (χ2v) is 21.8. The van der Waals surface area contributed by atoms with Gasteiger partial charge in [-0.2, -0.15) is 8.42 Å². The molecule has 11 atom stereocenters. The van der Waals surface area contributed by atoms with E-state index in [2.05, 4.69) is 65.7 Å². The summed E-state index contributed by atoms with van der Waals surface area (Å²) in [7, 11) is -6.24. The summed E-state index contributed by atoms with van der Waals surface area (Å²) >= 11 is 0. The van der Waals surface area contributed by atoms with Crippen molar-refractivity contribution in [3.8, 4) is 0 Å². The minimum Gasteiger partial charge on any atom is -0.414 e. The molecular formula is C31H58O6SSi. The molecule has 4 rings (SSSR count). The predicted octanol–water partition coefficient (Wildman–Crippen LogP) is 7.49. The molecule has 4 fully saturated rings. The maximum absolute atomic E-state index is 12.1. The molecule has 0 aliphatic heterocycles. The van der Waals surface area contributed by atoms with E-state index in [9.17, 15) is 13.5 Å². The van der Waals surface area contributed by atoms with Crippen molar-refractivity contribution in [2.45, 2.75) is 137 Å². The number of aliphatic hydroxyl groups is 1. The maximum Gasteiger partial charge on any atom is 0.397 e. The van der Waals surface area contributed by atoms with Gasteiger partial charge in [-0.3, -0.25) is 4.55 Å². The monoisotopic (exact) mass is 586 g/mol. The number of hydrogen-bond acceptors (Lipinski definition) is 5. The maximum atomic E-state index is 12.1. The molecule has 4 aliphatic carbocycles. The van der Waals surface area contributed by atoms with Gasteiger partial charge < -0.3 is 9.53 Å². The van der Waals surface area contributed by atoms with Crippen LogP contribution in [0.2, 0.25) is 18.1 Å². The zero-order valence-electron chi connectivity index (χ0n) is 26.2. The summed E-state index contributed by atoms with van der Waals surface area (Å²) in [5, 5.41) is 12.3. The van der Waals surface area contributed by atoms with Crippen LogP contribution in [0.15, 0.2) is 0 Å². The minimum absolute atomic E-state index is 0.0295. The summed E-state index contributed by atoms with van der Waals surface area (Å²) in [5.74, 6) is 3.05. The van der Waals surface area contributed by atoms with E-state index in [0.717, 1.165) is 32.1 Å². The average Bonchev–Trinajstić information content (AvgIpc) is 3.15. The third-order valence-corrected chi connectivity index (χ3v) is 18.2. The van der Waals surface area contributed by atoms with Gasteiger partial charge in [-0.25, -0.2) is 4.18 Å². The second kappa shape index (κ2) is 10.9.